The van der Waals surface area contributed by atoms with Crippen molar-refractivity contribution in [2.24, 2.45) is 0 Å². The Morgan fingerprint density at radius 3 is 2.65 bits per heavy atom. The van der Waals surface area contributed by atoms with E-state index in [-0.39, 0.29) is 5.91 Å². The molecule has 2 aromatic heterocycles. The van der Waals surface area contributed by atoms with Crippen molar-refractivity contribution in [2.45, 2.75) is 25.3 Å². The van der Waals surface area contributed by atoms with Crippen LogP contribution in [-0.2, 0) is 11.2 Å². The van der Waals surface area contributed by atoms with Crippen LogP contribution in [0.1, 0.15) is 16.8 Å². The number of nitrogens with zero attached hydrogens (tertiary/aromatic N) is 3. The lowest BCUT2D eigenvalue weighted by Gasteiger charge is -2.10. The number of benzene rings is 2. The van der Waals surface area contributed by atoms with Crippen LogP contribution in [0.25, 0.3) is 16.8 Å². The van der Waals surface area contributed by atoms with Crippen molar-refractivity contribution in [3.8, 4) is 22.6 Å². The summed E-state index contributed by atoms with van der Waals surface area (Å²) in [5.41, 5.74) is 5.85. The minimum Gasteiger partial charge on any atom is -0.493 e. The summed E-state index contributed by atoms with van der Waals surface area (Å²) in [6, 6.07) is 16.0. The van der Waals surface area contributed by atoms with Crippen molar-refractivity contribution >= 4 is 23.3 Å². The SMILES string of the molecule is COc1ccc(-c2cnn3c(SCC(=O)NCCc4cccc(C)c4)cc(C)nc23)cc1OC. The van der Waals surface area contributed by atoms with Crippen LogP contribution in [0.3, 0.4) is 0 Å². The van der Waals surface area contributed by atoms with Gasteiger partial charge in [0.2, 0.25) is 5.91 Å². The summed E-state index contributed by atoms with van der Waals surface area (Å²) < 4.78 is 12.6. The first-order valence-electron chi connectivity index (χ1n) is 11.0. The van der Waals surface area contributed by atoms with E-state index in [9.17, 15) is 4.79 Å². The molecule has 0 aliphatic carbocycles. The van der Waals surface area contributed by atoms with Gasteiger partial charge in [-0.05, 0) is 49.6 Å². The van der Waals surface area contributed by atoms with Crippen molar-refractivity contribution in [2.75, 3.05) is 26.5 Å². The Balaban J connectivity index is 1.46. The lowest BCUT2D eigenvalue weighted by molar-refractivity contribution is -0.118. The number of fused-ring (bicyclic) bond motifs is 1. The van der Waals surface area contributed by atoms with E-state index >= 15 is 0 Å². The van der Waals surface area contributed by atoms with E-state index in [1.54, 1.807) is 24.9 Å². The molecule has 1 amide bonds. The first kappa shape index (κ1) is 23.6. The molecule has 0 atom stereocenters. The largest absolute Gasteiger partial charge is 0.493 e. The lowest BCUT2D eigenvalue weighted by Crippen LogP contribution is -2.27. The smallest absolute Gasteiger partial charge is 0.230 e. The van der Waals surface area contributed by atoms with E-state index < -0.39 is 0 Å². The molecule has 176 valence electrons. The van der Waals surface area contributed by atoms with Crippen LogP contribution in [0.5, 0.6) is 11.5 Å². The summed E-state index contributed by atoms with van der Waals surface area (Å²) >= 11 is 1.45. The average Bonchev–Trinajstić information content (AvgIpc) is 3.26. The Labute approximate surface area is 203 Å². The van der Waals surface area contributed by atoms with Gasteiger partial charge in [-0.15, -0.1) is 0 Å². The van der Waals surface area contributed by atoms with E-state index in [1.165, 1.54) is 22.9 Å². The highest BCUT2D eigenvalue weighted by Crippen LogP contribution is 2.34. The van der Waals surface area contributed by atoms with Gasteiger partial charge in [-0.1, -0.05) is 47.7 Å². The van der Waals surface area contributed by atoms with E-state index in [0.717, 1.165) is 33.9 Å². The summed E-state index contributed by atoms with van der Waals surface area (Å²) in [5.74, 6) is 1.60. The van der Waals surface area contributed by atoms with Gasteiger partial charge in [0.1, 0.15) is 5.03 Å². The van der Waals surface area contributed by atoms with Gasteiger partial charge in [0.25, 0.3) is 0 Å². The summed E-state index contributed by atoms with van der Waals surface area (Å²) in [5, 5.41) is 8.42. The van der Waals surface area contributed by atoms with E-state index in [2.05, 4.69) is 35.5 Å². The Kier molecular flexibility index (Phi) is 7.37. The molecule has 4 aromatic rings. The molecule has 34 heavy (non-hydrogen) atoms. The molecule has 0 aliphatic heterocycles. The molecule has 0 unspecified atom stereocenters. The monoisotopic (exact) mass is 476 g/mol. The van der Waals surface area contributed by atoms with Crippen molar-refractivity contribution in [3.63, 3.8) is 0 Å². The molecule has 0 fully saturated rings. The Morgan fingerprint density at radius 2 is 1.88 bits per heavy atom. The highest BCUT2D eigenvalue weighted by molar-refractivity contribution is 7.99. The van der Waals surface area contributed by atoms with Crippen LogP contribution in [-0.4, -0.2) is 47.0 Å². The van der Waals surface area contributed by atoms with Crippen LogP contribution in [0.15, 0.2) is 59.8 Å². The van der Waals surface area contributed by atoms with Gasteiger partial charge < -0.3 is 14.8 Å². The maximum absolute atomic E-state index is 12.4. The number of thioether (sulfide) groups is 1. The van der Waals surface area contributed by atoms with Gasteiger partial charge in [0.15, 0.2) is 17.1 Å². The number of carbonyl (C=O) groups excluding carboxylic acids is 1. The third-order valence-electron chi connectivity index (χ3n) is 5.43. The molecule has 0 saturated carbocycles. The molecule has 1 N–H and O–H groups in total. The summed E-state index contributed by atoms with van der Waals surface area (Å²) in [4.78, 5) is 17.2. The Bertz CT molecular complexity index is 1320. The molecular weight excluding hydrogens is 448 g/mol. The minimum absolute atomic E-state index is 0.00691. The zero-order valence-electron chi connectivity index (χ0n) is 19.8. The fraction of sp³-hybridized carbons (Fsp3) is 0.269. The minimum atomic E-state index is -0.00691. The van der Waals surface area contributed by atoms with Gasteiger partial charge in [0.05, 0.1) is 26.2 Å². The van der Waals surface area contributed by atoms with Gasteiger partial charge in [-0.2, -0.15) is 5.10 Å². The van der Waals surface area contributed by atoms with Crippen LogP contribution < -0.4 is 14.8 Å². The molecule has 2 aromatic carbocycles. The van der Waals surface area contributed by atoms with E-state index in [0.29, 0.717) is 23.8 Å². The fourth-order valence-electron chi connectivity index (χ4n) is 3.76. The number of aryl methyl sites for hydroxylation is 2. The first-order valence-corrected chi connectivity index (χ1v) is 12.0. The number of hydrogen-bond donors (Lipinski definition) is 1. The number of ether oxygens (including phenoxy) is 2. The molecule has 0 saturated heterocycles. The zero-order valence-corrected chi connectivity index (χ0v) is 20.6. The quantitative estimate of drug-likeness (QED) is 0.283. The van der Waals surface area contributed by atoms with Gasteiger partial charge >= 0.3 is 0 Å². The maximum atomic E-state index is 12.4. The van der Waals surface area contributed by atoms with Crippen molar-refractivity contribution in [1.29, 1.82) is 0 Å². The summed E-state index contributed by atoms with van der Waals surface area (Å²) in [6.07, 6.45) is 2.60. The Morgan fingerprint density at radius 1 is 1.06 bits per heavy atom. The highest BCUT2D eigenvalue weighted by atomic mass is 32.2. The summed E-state index contributed by atoms with van der Waals surface area (Å²) in [6.45, 7) is 4.62. The predicted molar refractivity (Wildman–Crippen MR) is 135 cm³/mol. The number of rotatable bonds is 9. The molecule has 4 rings (SSSR count). The molecule has 0 radical (unpaired) electrons. The normalized spacial score (nSPS) is 10.9. The molecule has 2 heterocycles. The van der Waals surface area contributed by atoms with Crippen molar-refractivity contribution in [1.82, 2.24) is 19.9 Å². The molecule has 0 aliphatic rings. The topological polar surface area (TPSA) is 77.8 Å². The van der Waals surface area contributed by atoms with E-state index in [1.807, 2.05) is 37.3 Å². The number of aromatic nitrogens is 3. The number of amides is 1. The molecule has 7 nitrogen and oxygen atoms in total. The van der Waals surface area contributed by atoms with Crippen LogP contribution >= 0.6 is 11.8 Å². The predicted octanol–water partition coefficient (Wildman–Crippen LogP) is 4.48. The van der Waals surface area contributed by atoms with Crippen LogP contribution in [0, 0.1) is 13.8 Å². The third-order valence-corrected chi connectivity index (χ3v) is 6.42. The van der Waals surface area contributed by atoms with Crippen molar-refractivity contribution in [3.05, 3.63) is 71.5 Å². The van der Waals surface area contributed by atoms with E-state index in [4.69, 9.17) is 14.5 Å². The number of methoxy groups -OCH3 is 2. The fourth-order valence-corrected chi connectivity index (χ4v) is 4.66. The number of nitrogens with one attached hydrogen (secondary N) is 1. The molecule has 0 bridgehead atoms. The molecular formula is C26H28N4O3S. The molecule has 8 heteroatoms. The zero-order chi connectivity index (χ0) is 24.1. The standard InChI is InChI=1S/C26H28N4O3S/c1-17-6-5-7-19(12-17)10-11-27-24(31)16-34-25-13-18(2)29-26-21(15-28-30(25)26)20-8-9-22(32-3)23(14-20)33-4/h5-9,12-15H,10-11,16H2,1-4H3,(H,27,31). The highest BCUT2D eigenvalue weighted by Gasteiger charge is 2.15. The lowest BCUT2D eigenvalue weighted by atomic mass is 10.1. The van der Waals surface area contributed by atoms with Crippen molar-refractivity contribution < 1.29 is 14.3 Å². The first-order chi connectivity index (χ1) is 16.5. The van der Waals surface area contributed by atoms with Crippen LogP contribution in [0.2, 0.25) is 0 Å². The van der Waals surface area contributed by atoms with Crippen LogP contribution in [0.4, 0.5) is 0 Å². The second-order valence-electron chi connectivity index (χ2n) is 7.98. The number of carbonyl (C=O) groups is 1. The number of hydrogen-bond acceptors (Lipinski definition) is 6. The maximum Gasteiger partial charge on any atom is 0.230 e. The Hall–Kier alpha value is -3.52. The average molecular weight is 477 g/mol. The molecule has 0 spiro atoms. The third kappa shape index (κ3) is 5.34. The second-order valence-corrected chi connectivity index (χ2v) is 8.97. The van der Waals surface area contributed by atoms with Gasteiger partial charge in [-0.3, -0.25) is 4.79 Å². The second kappa shape index (κ2) is 10.6. The van der Waals surface area contributed by atoms with Gasteiger partial charge in [-0.25, -0.2) is 9.50 Å². The summed E-state index contributed by atoms with van der Waals surface area (Å²) in [7, 11) is 3.22. The van der Waals surface area contributed by atoms with Gasteiger partial charge in [0, 0.05) is 17.8 Å².